The van der Waals surface area contributed by atoms with Gasteiger partial charge in [-0.2, -0.15) is 0 Å². The molecule has 2 N–H and O–H groups in total. The first-order valence-corrected chi connectivity index (χ1v) is 7.58. The molecule has 19 heavy (non-hydrogen) atoms. The molecule has 1 rings (SSSR count). The monoisotopic (exact) mass is 345 g/mol. The van der Waals surface area contributed by atoms with Crippen LogP contribution < -0.4 is 5.32 Å². The number of thiophene rings is 1. The molecule has 0 saturated heterocycles. The predicted molar refractivity (Wildman–Crippen MR) is 80.1 cm³/mol. The van der Waals surface area contributed by atoms with Gasteiger partial charge in [0.15, 0.2) is 0 Å². The quantitative estimate of drug-likeness (QED) is 0.745. The fourth-order valence-electron chi connectivity index (χ4n) is 1.61. The number of hydrogen-bond acceptors (Lipinski definition) is 3. The molecule has 1 heterocycles. The minimum absolute atomic E-state index is 0.0437. The van der Waals surface area contributed by atoms with Gasteiger partial charge in [0.05, 0.1) is 10.2 Å². The van der Waals surface area contributed by atoms with Gasteiger partial charge < -0.3 is 10.4 Å². The summed E-state index contributed by atoms with van der Waals surface area (Å²) in [6.45, 7) is 1.96. The number of hydrogen-bond donors (Lipinski definition) is 2. The van der Waals surface area contributed by atoms with Crippen LogP contribution >= 0.6 is 27.3 Å². The van der Waals surface area contributed by atoms with Gasteiger partial charge in [0.2, 0.25) is 5.91 Å². The fraction of sp³-hybridized carbons (Fsp3) is 0.385. The average Bonchev–Trinajstić information content (AvgIpc) is 2.72. The van der Waals surface area contributed by atoms with Crippen LogP contribution in [0.4, 0.5) is 0 Å². The molecule has 1 amide bonds. The number of nitrogens with one attached hydrogen (secondary N) is 1. The number of carboxylic acids is 1. The van der Waals surface area contributed by atoms with E-state index in [0.29, 0.717) is 6.42 Å². The molecule has 0 aliphatic rings. The normalized spacial score (nSPS) is 12.5. The minimum Gasteiger partial charge on any atom is -0.481 e. The zero-order valence-electron chi connectivity index (χ0n) is 10.6. The van der Waals surface area contributed by atoms with Crippen LogP contribution in [0.25, 0.3) is 6.08 Å². The molecule has 0 spiro atoms. The third-order valence-corrected chi connectivity index (χ3v) is 3.99. The van der Waals surface area contributed by atoms with E-state index in [0.717, 1.165) is 15.1 Å². The molecular formula is C13H16BrNO3S. The molecule has 1 atom stereocenters. The Bertz CT molecular complexity index is 470. The van der Waals surface area contributed by atoms with Crippen LogP contribution in [0.2, 0.25) is 0 Å². The molecule has 0 saturated carbocycles. The Morgan fingerprint density at radius 2 is 2.26 bits per heavy atom. The van der Waals surface area contributed by atoms with Crippen molar-refractivity contribution in [3.8, 4) is 0 Å². The first kappa shape index (κ1) is 15.9. The van der Waals surface area contributed by atoms with Crippen molar-refractivity contribution in [1.82, 2.24) is 5.32 Å². The van der Waals surface area contributed by atoms with Crippen LogP contribution in [0.3, 0.4) is 0 Å². The molecule has 0 bridgehead atoms. The number of carbonyl (C=O) groups is 2. The Hall–Kier alpha value is -1.14. The van der Waals surface area contributed by atoms with Crippen molar-refractivity contribution < 1.29 is 14.7 Å². The summed E-state index contributed by atoms with van der Waals surface area (Å²) in [5.41, 5.74) is 0. The Labute approximate surface area is 124 Å². The number of aliphatic carboxylic acids is 1. The minimum atomic E-state index is -0.898. The number of halogens is 1. The van der Waals surface area contributed by atoms with Gasteiger partial charge in [-0.05, 0) is 40.6 Å². The third-order valence-electron chi connectivity index (χ3n) is 2.40. The summed E-state index contributed by atoms with van der Waals surface area (Å²) in [5.74, 6) is -1.16. The molecule has 0 aliphatic heterocycles. The first-order chi connectivity index (χ1) is 9.01. The van der Waals surface area contributed by atoms with E-state index in [1.165, 1.54) is 17.4 Å². The highest BCUT2D eigenvalue weighted by Crippen LogP contribution is 2.22. The van der Waals surface area contributed by atoms with Crippen molar-refractivity contribution in [1.29, 1.82) is 0 Å². The van der Waals surface area contributed by atoms with Gasteiger partial charge in [0.1, 0.15) is 0 Å². The fourth-order valence-corrected chi connectivity index (χ4v) is 2.94. The summed E-state index contributed by atoms with van der Waals surface area (Å²) >= 11 is 4.87. The maximum absolute atomic E-state index is 11.7. The molecule has 4 nitrogen and oxygen atoms in total. The van der Waals surface area contributed by atoms with E-state index in [1.807, 2.05) is 19.1 Å². The van der Waals surface area contributed by atoms with Crippen molar-refractivity contribution in [2.45, 2.75) is 32.2 Å². The highest BCUT2D eigenvalue weighted by atomic mass is 79.9. The second-order valence-electron chi connectivity index (χ2n) is 4.07. The number of carboxylic acid groups (broad SMARTS) is 1. The van der Waals surface area contributed by atoms with Gasteiger partial charge in [-0.15, -0.1) is 11.3 Å². The van der Waals surface area contributed by atoms with E-state index in [4.69, 9.17) is 5.11 Å². The van der Waals surface area contributed by atoms with Gasteiger partial charge >= 0.3 is 5.97 Å². The van der Waals surface area contributed by atoms with Gasteiger partial charge in [-0.25, -0.2) is 0 Å². The summed E-state index contributed by atoms with van der Waals surface area (Å²) in [4.78, 5) is 23.3. The van der Waals surface area contributed by atoms with Gasteiger partial charge in [0, 0.05) is 17.0 Å². The maximum atomic E-state index is 11.7. The lowest BCUT2D eigenvalue weighted by molar-refractivity contribution is -0.137. The van der Waals surface area contributed by atoms with E-state index < -0.39 is 5.97 Å². The second kappa shape index (κ2) is 8.12. The summed E-state index contributed by atoms with van der Waals surface area (Å²) in [6.07, 6.45) is 4.60. The largest absolute Gasteiger partial charge is 0.481 e. The molecule has 0 radical (unpaired) electrons. The van der Waals surface area contributed by atoms with Crippen molar-refractivity contribution in [3.05, 3.63) is 26.9 Å². The molecule has 0 aromatic carbocycles. The highest BCUT2D eigenvalue weighted by Gasteiger charge is 2.13. The molecule has 0 aliphatic carbocycles. The Balaban J connectivity index is 2.52. The lowest BCUT2D eigenvalue weighted by atomic mass is 10.1. The first-order valence-electron chi connectivity index (χ1n) is 5.97. The van der Waals surface area contributed by atoms with Crippen LogP contribution in [-0.4, -0.2) is 23.0 Å². The Kier molecular flexibility index (Phi) is 6.80. The van der Waals surface area contributed by atoms with Crippen LogP contribution in [0.1, 0.15) is 31.1 Å². The average molecular weight is 346 g/mol. The van der Waals surface area contributed by atoms with Crippen molar-refractivity contribution in [3.63, 3.8) is 0 Å². The molecule has 6 heteroatoms. The lowest BCUT2D eigenvalue weighted by Gasteiger charge is -2.14. The van der Waals surface area contributed by atoms with Crippen molar-refractivity contribution in [2.75, 3.05) is 0 Å². The van der Waals surface area contributed by atoms with E-state index in [1.54, 1.807) is 6.08 Å². The Morgan fingerprint density at radius 3 is 2.79 bits per heavy atom. The smallest absolute Gasteiger partial charge is 0.305 e. The van der Waals surface area contributed by atoms with Crippen LogP contribution in [-0.2, 0) is 9.59 Å². The number of amides is 1. The number of rotatable bonds is 7. The SMILES string of the molecule is CCCC(CC(=O)O)NC(=O)/C=C/c1ccc(Br)s1. The molecular weight excluding hydrogens is 330 g/mol. The topological polar surface area (TPSA) is 66.4 Å². The molecule has 1 unspecified atom stereocenters. The van der Waals surface area contributed by atoms with Crippen LogP contribution in [0.15, 0.2) is 22.0 Å². The number of carbonyl (C=O) groups excluding carboxylic acids is 1. The van der Waals surface area contributed by atoms with E-state index in [2.05, 4.69) is 21.2 Å². The second-order valence-corrected chi connectivity index (χ2v) is 6.56. The lowest BCUT2D eigenvalue weighted by Crippen LogP contribution is -2.35. The van der Waals surface area contributed by atoms with E-state index >= 15 is 0 Å². The van der Waals surface area contributed by atoms with Gasteiger partial charge in [0.25, 0.3) is 0 Å². The van der Waals surface area contributed by atoms with E-state index in [-0.39, 0.29) is 18.4 Å². The molecule has 1 aromatic heterocycles. The Morgan fingerprint density at radius 1 is 1.53 bits per heavy atom. The maximum Gasteiger partial charge on any atom is 0.305 e. The zero-order chi connectivity index (χ0) is 14.3. The van der Waals surface area contributed by atoms with Crippen LogP contribution in [0.5, 0.6) is 0 Å². The predicted octanol–water partition coefficient (Wildman–Crippen LogP) is 3.28. The highest BCUT2D eigenvalue weighted by molar-refractivity contribution is 9.11. The molecule has 0 fully saturated rings. The summed E-state index contributed by atoms with van der Waals surface area (Å²) in [7, 11) is 0. The van der Waals surface area contributed by atoms with Crippen molar-refractivity contribution in [2.24, 2.45) is 0 Å². The summed E-state index contributed by atoms with van der Waals surface area (Å²) in [6, 6.07) is 3.50. The molecule has 104 valence electrons. The van der Waals surface area contributed by atoms with Gasteiger partial charge in [-0.1, -0.05) is 13.3 Å². The van der Waals surface area contributed by atoms with Crippen molar-refractivity contribution >= 4 is 45.2 Å². The molecule has 1 aromatic rings. The summed E-state index contributed by atoms with van der Waals surface area (Å²) < 4.78 is 1.00. The van der Waals surface area contributed by atoms with Gasteiger partial charge in [-0.3, -0.25) is 9.59 Å². The summed E-state index contributed by atoms with van der Waals surface area (Å²) in [5, 5.41) is 11.5. The third kappa shape index (κ3) is 6.54. The standard InChI is InChI=1S/C13H16BrNO3S/c1-2-3-9(8-13(17)18)15-12(16)7-5-10-4-6-11(14)19-10/h4-7,9H,2-3,8H2,1H3,(H,15,16)(H,17,18)/b7-5+. The zero-order valence-corrected chi connectivity index (χ0v) is 13.0. The van der Waals surface area contributed by atoms with Crippen LogP contribution in [0, 0.1) is 0 Å². The van der Waals surface area contributed by atoms with E-state index in [9.17, 15) is 9.59 Å².